The Morgan fingerprint density at radius 3 is 2.44 bits per heavy atom. The van der Waals surface area contributed by atoms with Gasteiger partial charge in [0.1, 0.15) is 11.8 Å². The molecule has 0 saturated heterocycles. The molecule has 18 heavy (non-hydrogen) atoms. The molecule has 0 spiro atoms. The minimum absolute atomic E-state index is 0.231. The second kappa shape index (κ2) is 5.07. The van der Waals surface area contributed by atoms with Gasteiger partial charge in [-0.05, 0) is 17.7 Å². The molecule has 2 rings (SSSR count). The van der Waals surface area contributed by atoms with E-state index in [9.17, 15) is 4.79 Å². The summed E-state index contributed by atoms with van der Waals surface area (Å²) in [5.74, 6) is -0.231. The number of allylic oxidation sites excluding steroid dienone is 1. The molecule has 0 atom stereocenters. The standard InChI is InChI=1S/C15H10N2O/c1-11(13-5-3-2-4-6-13)15(18)14-8-7-12(9-16)10-17-14/h2-8,10H,1H2. The smallest absolute Gasteiger partial charge is 0.211 e. The monoisotopic (exact) mass is 234 g/mol. The number of benzene rings is 1. The predicted molar refractivity (Wildman–Crippen MR) is 68.8 cm³/mol. The minimum Gasteiger partial charge on any atom is -0.287 e. The lowest BCUT2D eigenvalue weighted by atomic mass is 10.0. The summed E-state index contributed by atoms with van der Waals surface area (Å²) >= 11 is 0. The Morgan fingerprint density at radius 2 is 1.89 bits per heavy atom. The molecule has 0 unspecified atom stereocenters. The molecule has 0 saturated carbocycles. The molecule has 0 bridgehead atoms. The Kier molecular flexibility index (Phi) is 3.31. The fraction of sp³-hybridized carbons (Fsp3) is 0. The van der Waals surface area contributed by atoms with E-state index in [0.717, 1.165) is 5.56 Å². The average molecular weight is 234 g/mol. The third kappa shape index (κ3) is 2.33. The molecule has 3 nitrogen and oxygen atoms in total. The molecule has 0 aliphatic carbocycles. The maximum absolute atomic E-state index is 12.1. The van der Waals surface area contributed by atoms with Crippen molar-refractivity contribution >= 4 is 11.4 Å². The number of ketones is 1. The first-order valence-corrected chi connectivity index (χ1v) is 5.37. The molecular formula is C15H10N2O. The van der Waals surface area contributed by atoms with E-state index < -0.39 is 0 Å². The van der Waals surface area contributed by atoms with Crippen molar-refractivity contribution in [1.29, 1.82) is 5.26 Å². The Balaban J connectivity index is 2.27. The van der Waals surface area contributed by atoms with Crippen molar-refractivity contribution in [3.05, 3.63) is 72.1 Å². The Morgan fingerprint density at radius 1 is 1.17 bits per heavy atom. The Labute approximate surface area is 105 Å². The highest BCUT2D eigenvalue weighted by molar-refractivity contribution is 6.27. The second-order valence-electron chi connectivity index (χ2n) is 3.72. The summed E-state index contributed by atoms with van der Waals surface area (Å²) < 4.78 is 0. The molecule has 1 heterocycles. The number of nitriles is 1. The van der Waals surface area contributed by atoms with E-state index in [1.165, 1.54) is 12.3 Å². The molecule has 0 amide bonds. The van der Waals surface area contributed by atoms with Crippen LogP contribution < -0.4 is 0 Å². The van der Waals surface area contributed by atoms with E-state index in [1.54, 1.807) is 6.07 Å². The van der Waals surface area contributed by atoms with Crippen LogP contribution in [-0.2, 0) is 0 Å². The summed E-state index contributed by atoms with van der Waals surface area (Å²) in [6.07, 6.45) is 1.38. The van der Waals surface area contributed by atoms with Crippen LogP contribution in [0.4, 0.5) is 0 Å². The van der Waals surface area contributed by atoms with E-state index in [2.05, 4.69) is 11.6 Å². The van der Waals surface area contributed by atoms with Crippen molar-refractivity contribution in [2.45, 2.75) is 0 Å². The van der Waals surface area contributed by atoms with Gasteiger partial charge in [-0.1, -0.05) is 36.9 Å². The van der Waals surface area contributed by atoms with Gasteiger partial charge in [0.2, 0.25) is 5.78 Å². The zero-order valence-corrected chi connectivity index (χ0v) is 9.63. The highest BCUT2D eigenvalue weighted by Crippen LogP contribution is 2.16. The summed E-state index contributed by atoms with van der Waals surface area (Å²) in [6.45, 7) is 3.79. The predicted octanol–water partition coefficient (Wildman–Crippen LogP) is 2.85. The highest BCUT2D eigenvalue weighted by atomic mass is 16.1. The number of aromatic nitrogens is 1. The van der Waals surface area contributed by atoms with Gasteiger partial charge in [-0.15, -0.1) is 0 Å². The van der Waals surface area contributed by atoms with E-state index in [0.29, 0.717) is 16.8 Å². The lowest BCUT2D eigenvalue weighted by molar-refractivity contribution is 0.105. The van der Waals surface area contributed by atoms with Gasteiger partial charge in [-0.3, -0.25) is 9.78 Å². The summed E-state index contributed by atoms with van der Waals surface area (Å²) in [6, 6.07) is 14.3. The molecule has 3 heteroatoms. The normalized spacial score (nSPS) is 9.50. The number of nitrogens with zero attached hydrogens (tertiary/aromatic N) is 2. The van der Waals surface area contributed by atoms with Crippen LogP contribution in [0.15, 0.2) is 55.2 Å². The maximum atomic E-state index is 12.1. The molecule has 1 aromatic carbocycles. The third-order valence-electron chi connectivity index (χ3n) is 2.52. The first-order valence-electron chi connectivity index (χ1n) is 5.37. The van der Waals surface area contributed by atoms with Gasteiger partial charge >= 0.3 is 0 Å². The third-order valence-corrected chi connectivity index (χ3v) is 2.52. The van der Waals surface area contributed by atoms with Crippen molar-refractivity contribution in [1.82, 2.24) is 4.98 Å². The van der Waals surface area contributed by atoms with Gasteiger partial charge < -0.3 is 0 Å². The Hall–Kier alpha value is -2.73. The number of pyridine rings is 1. The van der Waals surface area contributed by atoms with Crippen molar-refractivity contribution in [2.75, 3.05) is 0 Å². The van der Waals surface area contributed by atoms with E-state index >= 15 is 0 Å². The zero-order valence-electron chi connectivity index (χ0n) is 9.63. The number of carbonyl (C=O) groups is 1. The molecule has 0 aliphatic rings. The maximum Gasteiger partial charge on any atom is 0.211 e. The SMILES string of the molecule is C=C(C(=O)c1ccc(C#N)cn1)c1ccccc1. The summed E-state index contributed by atoms with van der Waals surface area (Å²) in [5, 5.41) is 8.66. The minimum atomic E-state index is -0.231. The summed E-state index contributed by atoms with van der Waals surface area (Å²) in [5.41, 5.74) is 1.89. The van der Waals surface area contributed by atoms with Crippen LogP contribution in [0.25, 0.3) is 5.57 Å². The second-order valence-corrected chi connectivity index (χ2v) is 3.72. The molecule has 0 fully saturated rings. The molecule has 0 radical (unpaired) electrons. The Bertz CT molecular complexity index is 622. The van der Waals surface area contributed by atoms with E-state index in [1.807, 2.05) is 36.4 Å². The number of hydrogen-bond donors (Lipinski definition) is 0. The first-order chi connectivity index (χ1) is 8.72. The molecular weight excluding hydrogens is 224 g/mol. The van der Waals surface area contributed by atoms with Crippen LogP contribution in [0.3, 0.4) is 0 Å². The van der Waals surface area contributed by atoms with Gasteiger partial charge in [0.05, 0.1) is 5.56 Å². The van der Waals surface area contributed by atoms with Crippen LogP contribution in [-0.4, -0.2) is 10.8 Å². The lowest BCUT2D eigenvalue weighted by Crippen LogP contribution is -2.04. The van der Waals surface area contributed by atoms with Crippen LogP contribution in [0.5, 0.6) is 0 Å². The van der Waals surface area contributed by atoms with Crippen LogP contribution in [0.2, 0.25) is 0 Å². The van der Waals surface area contributed by atoms with E-state index in [4.69, 9.17) is 5.26 Å². The van der Waals surface area contributed by atoms with Crippen LogP contribution in [0.1, 0.15) is 21.6 Å². The summed E-state index contributed by atoms with van der Waals surface area (Å²) in [4.78, 5) is 16.1. The van der Waals surface area contributed by atoms with Gasteiger partial charge in [0.15, 0.2) is 0 Å². The van der Waals surface area contributed by atoms with Crippen molar-refractivity contribution in [3.63, 3.8) is 0 Å². The zero-order chi connectivity index (χ0) is 13.0. The first kappa shape index (κ1) is 11.7. The molecule has 1 aromatic heterocycles. The van der Waals surface area contributed by atoms with E-state index in [-0.39, 0.29) is 5.78 Å². The largest absolute Gasteiger partial charge is 0.287 e. The number of hydrogen-bond acceptors (Lipinski definition) is 3. The fourth-order valence-electron chi connectivity index (χ4n) is 1.52. The number of Topliss-reactive ketones (excluding diaryl/α,β-unsaturated/α-hetero) is 1. The van der Waals surface area contributed by atoms with Gasteiger partial charge in [-0.2, -0.15) is 5.26 Å². The van der Waals surface area contributed by atoms with Crippen molar-refractivity contribution in [2.24, 2.45) is 0 Å². The van der Waals surface area contributed by atoms with Crippen molar-refractivity contribution in [3.8, 4) is 6.07 Å². The van der Waals surface area contributed by atoms with Gasteiger partial charge in [-0.25, -0.2) is 0 Å². The van der Waals surface area contributed by atoms with Crippen LogP contribution >= 0.6 is 0 Å². The van der Waals surface area contributed by atoms with Crippen molar-refractivity contribution < 1.29 is 4.79 Å². The number of carbonyl (C=O) groups excluding carboxylic acids is 1. The molecule has 2 aromatic rings. The topological polar surface area (TPSA) is 53.8 Å². The van der Waals surface area contributed by atoms with Gasteiger partial charge in [0.25, 0.3) is 0 Å². The summed E-state index contributed by atoms with van der Waals surface area (Å²) in [7, 11) is 0. The molecule has 0 N–H and O–H groups in total. The highest BCUT2D eigenvalue weighted by Gasteiger charge is 2.13. The van der Waals surface area contributed by atoms with Gasteiger partial charge in [0, 0.05) is 11.8 Å². The fourth-order valence-corrected chi connectivity index (χ4v) is 1.52. The van der Waals surface area contributed by atoms with Crippen LogP contribution in [0, 0.1) is 11.3 Å². The number of rotatable bonds is 3. The molecule has 86 valence electrons. The average Bonchev–Trinajstić information content (AvgIpc) is 2.47. The quantitative estimate of drug-likeness (QED) is 0.606. The molecule has 0 aliphatic heterocycles. The lowest BCUT2D eigenvalue weighted by Gasteiger charge is -2.04.